The Bertz CT molecular complexity index is 428. The van der Waals surface area contributed by atoms with E-state index in [-0.39, 0.29) is 0 Å². The van der Waals surface area contributed by atoms with Crippen LogP contribution in [0.4, 0.5) is 0 Å². The van der Waals surface area contributed by atoms with Gasteiger partial charge in [-0.15, -0.1) is 0 Å². The van der Waals surface area contributed by atoms with E-state index in [9.17, 15) is 0 Å². The van der Waals surface area contributed by atoms with Crippen LogP contribution in [0, 0.1) is 17.8 Å². The molecular weight excluding hydrogens is 310 g/mol. The first kappa shape index (κ1) is 14.6. The molecule has 1 aromatic rings. The summed E-state index contributed by atoms with van der Waals surface area (Å²) in [5, 5.41) is 3.72. The van der Waals surface area contributed by atoms with Crippen LogP contribution in [0.25, 0.3) is 0 Å². The molecule has 2 heteroatoms. The molecule has 1 aromatic carbocycles. The first-order valence-corrected chi connectivity index (χ1v) is 9.01. The first-order valence-electron chi connectivity index (χ1n) is 8.22. The van der Waals surface area contributed by atoms with Crippen molar-refractivity contribution in [2.45, 2.75) is 51.5 Å². The lowest BCUT2D eigenvalue weighted by atomic mass is 9.83. The van der Waals surface area contributed by atoms with Crippen LogP contribution in [0.2, 0.25) is 0 Å². The fraction of sp³-hybridized carbons (Fsp3) is 0.667. The van der Waals surface area contributed by atoms with E-state index in [1.54, 1.807) is 0 Å². The van der Waals surface area contributed by atoms with Gasteiger partial charge < -0.3 is 5.32 Å². The number of hydrogen-bond acceptors (Lipinski definition) is 1. The molecule has 1 N–H and O–H groups in total. The molecule has 0 saturated heterocycles. The number of fused-ring (bicyclic) bond motifs is 2. The fourth-order valence-electron chi connectivity index (χ4n) is 4.46. The van der Waals surface area contributed by atoms with Gasteiger partial charge >= 0.3 is 0 Å². The van der Waals surface area contributed by atoms with E-state index in [4.69, 9.17) is 0 Å². The van der Waals surface area contributed by atoms with Gasteiger partial charge in [0.2, 0.25) is 0 Å². The molecule has 1 nitrogen and oxygen atoms in total. The van der Waals surface area contributed by atoms with Crippen LogP contribution in [-0.2, 0) is 6.42 Å². The summed E-state index contributed by atoms with van der Waals surface area (Å²) in [6.45, 7) is 3.32. The van der Waals surface area contributed by atoms with Crippen LogP contribution in [0.1, 0.15) is 44.6 Å². The number of nitrogens with one attached hydrogen (secondary N) is 1. The number of likely N-dealkylation sites (N-methyl/N-ethyl adjacent to an activating group) is 1. The Hall–Kier alpha value is -0.340. The molecule has 0 radical (unpaired) electrons. The molecule has 0 heterocycles. The van der Waals surface area contributed by atoms with E-state index in [1.165, 1.54) is 48.6 Å². The van der Waals surface area contributed by atoms with Crippen molar-refractivity contribution >= 4 is 15.9 Å². The average Bonchev–Trinajstić information content (AvgIpc) is 3.04. The Morgan fingerprint density at radius 1 is 1.20 bits per heavy atom. The predicted octanol–water partition coefficient (Wildman–Crippen LogP) is 4.80. The van der Waals surface area contributed by atoms with Crippen LogP contribution in [0.15, 0.2) is 28.7 Å². The molecule has 4 atom stereocenters. The smallest absolute Gasteiger partial charge is 0.0175 e. The van der Waals surface area contributed by atoms with Crippen LogP contribution in [0.3, 0.4) is 0 Å². The minimum atomic E-state index is 0.658. The molecule has 20 heavy (non-hydrogen) atoms. The quantitative estimate of drug-likeness (QED) is 0.787. The monoisotopic (exact) mass is 335 g/mol. The van der Waals surface area contributed by atoms with Crippen LogP contribution in [-0.4, -0.2) is 12.6 Å². The largest absolute Gasteiger partial charge is 0.314 e. The highest BCUT2D eigenvalue weighted by molar-refractivity contribution is 9.10. The van der Waals surface area contributed by atoms with Crippen molar-refractivity contribution in [2.75, 3.05) is 6.54 Å². The zero-order chi connectivity index (χ0) is 13.9. The molecule has 4 unspecified atom stereocenters. The van der Waals surface area contributed by atoms with Gasteiger partial charge in [-0.2, -0.15) is 0 Å². The van der Waals surface area contributed by atoms with Gasteiger partial charge in [0.05, 0.1) is 0 Å². The van der Waals surface area contributed by atoms with Crippen LogP contribution < -0.4 is 5.32 Å². The highest BCUT2D eigenvalue weighted by Crippen LogP contribution is 2.49. The minimum absolute atomic E-state index is 0.658. The Morgan fingerprint density at radius 2 is 2.00 bits per heavy atom. The number of rotatable bonds is 6. The zero-order valence-corrected chi connectivity index (χ0v) is 14.0. The topological polar surface area (TPSA) is 12.0 Å². The van der Waals surface area contributed by atoms with Crippen molar-refractivity contribution < 1.29 is 0 Å². The third kappa shape index (κ3) is 3.46. The molecular formula is C18H26BrN. The Balaban J connectivity index is 1.59. The molecule has 2 saturated carbocycles. The SMILES string of the molecule is CCNC(Cc1ccc(Br)cc1)CC1CC2CCC1C2. The maximum atomic E-state index is 3.72. The molecule has 0 aliphatic heterocycles. The number of benzene rings is 1. The molecule has 3 rings (SSSR count). The molecule has 0 aromatic heterocycles. The number of halogens is 1. The lowest BCUT2D eigenvalue weighted by molar-refractivity contribution is 0.278. The van der Waals surface area contributed by atoms with Gasteiger partial charge in [-0.1, -0.05) is 41.4 Å². The van der Waals surface area contributed by atoms with Gasteiger partial charge in [0.1, 0.15) is 0 Å². The highest BCUT2D eigenvalue weighted by Gasteiger charge is 2.39. The van der Waals surface area contributed by atoms with Crippen molar-refractivity contribution in [1.29, 1.82) is 0 Å². The molecule has 2 bridgehead atoms. The Morgan fingerprint density at radius 3 is 2.60 bits per heavy atom. The Labute approximate surface area is 131 Å². The minimum Gasteiger partial charge on any atom is -0.314 e. The normalized spacial score (nSPS) is 29.8. The summed E-state index contributed by atoms with van der Waals surface area (Å²) < 4.78 is 1.18. The van der Waals surface area contributed by atoms with E-state index in [0.717, 1.165) is 24.3 Å². The predicted molar refractivity (Wildman–Crippen MR) is 88.9 cm³/mol. The van der Waals surface area contributed by atoms with E-state index in [1.807, 2.05) is 0 Å². The van der Waals surface area contributed by atoms with Crippen molar-refractivity contribution in [3.05, 3.63) is 34.3 Å². The van der Waals surface area contributed by atoms with E-state index in [2.05, 4.69) is 52.4 Å². The summed E-state index contributed by atoms with van der Waals surface area (Å²) in [4.78, 5) is 0. The van der Waals surface area contributed by atoms with Gasteiger partial charge in [0, 0.05) is 10.5 Å². The molecule has 2 aliphatic rings. The van der Waals surface area contributed by atoms with Crippen LogP contribution >= 0.6 is 15.9 Å². The van der Waals surface area contributed by atoms with Gasteiger partial charge in [-0.25, -0.2) is 0 Å². The second-order valence-corrected chi connectivity index (χ2v) is 7.67. The lowest BCUT2D eigenvalue weighted by Crippen LogP contribution is -2.34. The van der Waals surface area contributed by atoms with Crippen molar-refractivity contribution in [2.24, 2.45) is 17.8 Å². The van der Waals surface area contributed by atoms with E-state index in [0.29, 0.717) is 6.04 Å². The van der Waals surface area contributed by atoms with Crippen molar-refractivity contribution in [3.8, 4) is 0 Å². The zero-order valence-electron chi connectivity index (χ0n) is 12.4. The van der Waals surface area contributed by atoms with Crippen LogP contribution in [0.5, 0.6) is 0 Å². The third-order valence-corrected chi connectivity index (χ3v) is 5.89. The van der Waals surface area contributed by atoms with Gasteiger partial charge in [-0.05, 0) is 74.1 Å². The summed E-state index contributed by atoms with van der Waals surface area (Å²) in [5.74, 6) is 3.11. The molecule has 0 spiro atoms. The second-order valence-electron chi connectivity index (χ2n) is 6.76. The lowest BCUT2D eigenvalue weighted by Gasteiger charge is -2.27. The molecule has 0 amide bonds. The fourth-order valence-corrected chi connectivity index (χ4v) is 4.73. The summed E-state index contributed by atoms with van der Waals surface area (Å²) in [6.07, 6.45) is 8.61. The molecule has 110 valence electrons. The van der Waals surface area contributed by atoms with Gasteiger partial charge in [-0.3, -0.25) is 0 Å². The standard InChI is InChI=1S/C18H26BrN/c1-2-20-18(11-13-4-7-17(19)8-5-13)12-16-10-14-3-6-15(16)9-14/h4-5,7-8,14-16,18,20H,2-3,6,9-12H2,1H3. The maximum Gasteiger partial charge on any atom is 0.0175 e. The van der Waals surface area contributed by atoms with Crippen molar-refractivity contribution in [3.63, 3.8) is 0 Å². The third-order valence-electron chi connectivity index (χ3n) is 5.36. The number of hydrogen-bond donors (Lipinski definition) is 1. The average molecular weight is 336 g/mol. The maximum absolute atomic E-state index is 3.72. The summed E-state index contributed by atoms with van der Waals surface area (Å²) in [6, 6.07) is 9.50. The molecule has 2 fully saturated rings. The summed E-state index contributed by atoms with van der Waals surface area (Å²) in [5.41, 5.74) is 1.46. The summed E-state index contributed by atoms with van der Waals surface area (Å²) in [7, 11) is 0. The highest BCUT2D eigenvalue weighted by atomic mass is 79.9. The van der Waals surface area contributed by atoms with E-state index < -0.39 is 0 Å². The van der Waals surface area contributed by atoms with E-state index >= 15 is 0 Å². The molecule has 2 aliphatic carbocycles. The summed E-state index contributed by atoms with van der Waals surface area (Å²) >= 11 is 3.52. The van der Waals surface area contributed by atoms with Gasteiger partial charge in [0.15, 0.2) is 0 Å². The first-order chi connectivity index (χ1) is 9.74. The van der Waals surface area contributed by atoms with Gasteiger partial charge in [0.25, 0.3) is 0 Å². The Kier molecular flexibility index (Phi) is 4.83. The van der Waals surface area contributed by atoms with Crippen molar-refractivity contribution in [1.82, 2.24) is 5.32 Å². The second kappa shape index (κ2) is 6.62.